The SMILES string of the molecule is C[C@H]1c2ccccc2OC(C)(C)C1(C)C. The van der Waals surface area contributed by atoms with Gasteiger partial charge in [0.05, 0.1) is 0 Å². The fourth-order valence-electron chi connectivity index (χ4n) is 2.25. The molecule has 0 amide bonds. The van der Waals surface area contributed by atoms with Crippen LogP contribution in [0.1, 0.15) is 46.1 Å². The van der Waals surface area contributed by atoms with Crippen molar-refractivity contribution in [2.24, 2.45) is 5.41 Å². The first kappa shape index (κ1) is 10.5. The molecule has 0 saturated carbocycles. The number of hydrogen-bond acceptors (Lipinski definition) is 1. The number of para-hydroxylation sites is 1. The van der Waals surface area contributed by atoms with Gasteiger partial charge in [-0.3, -0.25) is 0 Å². The lowest BCUT2D eigenvalue weighted by atomic mass is 9.64. The van der Waals surface area contributed by atoms with Crippen LogP contribution >= 0.6 is 0 Å². The lowest BCUT2D eigenvalue weighted by Gasteiger charge is -2.50. The van der Waals surface area contributed by atoms with Crippen molar-refractivity contribution in [3.63, 3.8) is 0 Å². The topological polar surface area (TPSA) is 9.23 Å². The molecule has 1 aromatic carbocycles. The van der Waals surface area contributed by atoms with Gasteiger partial charge in [-0.1, -0.05) is 39.0 Å². The Balaban J connectivity index is 2.56. The Hall–Kier alpha value is -0.980. The first-order valence-corrected chi connectivity index (χ1v) is 5.64. The summed E-state index contributed by atoms with van der Waals surface area (Å²) in [5, 5.41) is 0. The quantitative estimate of drug-likeness (QED) is 0.621. The van der Waals surface area contributed by atoms with Crippen LogP contribution in [-0.2, 0) is 0 Å². The summed E-state index contributed by atoms with van der Waals surface area (Å²) in [7, 11) is 0. The molecule has 0 fully saturated rings. The van der Waals surface area contributed by atoms with Crippen molar-refractivity contribution in [3.8, 4) is 5.75 Å². The van der Waals surface area contributed by atoms with Gasteiger partial charge in [-0.2, -0.15) is 0 Å². The van der Waals surface area contributed by atoms with Gasteiger partial charge in [-0.15, -0.1) is 0 Å². The number of rotatable bonds is 0. The van der Waals surface area contributed by atoms with Gasteiger partial charge < -0.3 is 4.74 Å². The fraction of sp³-hybridized carbons (Fsp3) is 0.571. The number of hydrogen-bond donors (Lipinski definition) is 0. The second kappa shape index (κ2) is 3.01. The van der Waals surface area contributed by atoms with Crippen LogP contribution in [-0.4, -0.2) is 5.60 Å². The van der Waals surface area contributed by atoms with Crippen LogP contribution in [0.4, 0.5) is 0 Å². The molecular weight excluding hydrogens is 184 g/mol. The second-order valence-corrected chi connectivity index (χ2v) is 5.59. The Kier molecular flexibility index (Phi) is 2.11. The maximum absolute atomic E-state index is 6.10. The van der Waals surface area contributed by atoms with E-state index in [4.69, 9.17) is 4.74 Å². The third kappa shape index (κ3) is 1.37. The molecule has 0 aliphatic carbocycles. The zero-order valence-corrected chi connectivity index (χ0v) is 10.3. The predicted octanol–water partition coefficient (Wildman–Crippen LogP) is 3.99. The van der Waals surface area contributed by atoms with E-state index in [1.54, 1.807) is 0 Å². The van der Waals surface area contributed by atoms with Gasteiger partial charge in [-0.05, 0) is 31.4 Å². The highest BCUT2D eigenvalue weighted by atomic mass is 16.5. The van der Waals surface area contributed by atoms with Crippen molar-refractivity contribution in [2.75, 3.05) is 0 Å². The van der Waals surface area contributed by atoms with Crippen LogP contribution in [0.25, 0.3) is 0 Å². The highest BCUT2D eigenvalue weighted by Gasteiger charge is 2.47. The lowest BCUT2D eigenvalue weighted by Crippen LogP contribution is -2.50. The molecule has 2 rings (SSSR count). The molecule has 15 heavy (non-hydrogen) atoms. The normalized spacial score (nSPS) is 26.6. The van der Waals surface area contributed by atoms with Crippen molar-refractivity contribution in [3.05, 3.63) is 29.8 Å². The zero-order chi connectivity index (χ0) is 11.3. The van der Waals surface area contributed by atoms with Crippen molar-refractivity contribution in [2.45, 2.75) is 46.1 Å². The van der Waals surface area contributed by atoms with Gasteiger partial charge in [-0.25, -0.2) is 0 Å². The maximum Gasteiger partial charge on any atom is 0.123 e. The summed E-state index contributed by atoms with van der Waals surface area (Å²) < 4.78 is 6.10. The minimum absolute atomic E-state index is 0.110. The molecule has 0 spiro atoms. The minimum atomic E-state index is -0.110. The van der Waals surface area contributed by atoms with Crippen LogP contribution in [0.15, 0.2) is 24.3 Å². The largest absolute Gasteiger partial charge is 0.487 e. The Labute approximate surface area is 92.5 Å². The van der Waals surface area contributed by atoms with E-state index in [1.165, 1.54) is 5.56 Å². The van der Waals surface area contributed by atoms with Gasteiger partial charge >= 0.3 is 0 Å². The molecule has 1 aromatic rings. The molecule has 0 saturated heterocycles. The van der Waals surface area contributed by atoms with E-state index < -0.39 is 0 Å². The molecule has 0 aromatic heterocycles. The van der Waals surface area contributed by atoms with E-state index in [9.17, 15) is 0 Å². The first-order valence-electron chi connectivity index (χ1n) is 5.64. The molecular formula is C14H20O. The molecule has 1 heterocycles. The monoisotopic (exact) mass is 204 g/mol. The van der Waals surface area contributed by atoms with E-state index in [0.29, 0.717) is 5.92 Å². The molecule has 1 aliphatic heterocycles. The van der Waals surface area contributed by atoms with Crippen LogP contribution in [0.2, 0.25) is 0 Å². The van der Waals surface area contributed by atoms with Crippen LogP contribution in [0.5, 0.6) is 5.75 Å². The Morgan fingerprint density at radius 1 is 1.07 bits per heavy atom. The second-order valence-electron chi connectivity index (χ2n) is 5.59. The smallest absolute Gasteiger partial charge is 0.123 e. The summed E-state index contributed by atoms with van der Waals surface area (Å²) in [6.07, 6.45) is 0. The maximum atomic E-state index is 6.10. The Bertz CT molecular complexity index is 377. The highest BCUT2D eigenvalue weighted by Crippen LogP contribution is 2.52. The van der Waals surface area contributed by atoms with Crippen LogP contribution in [0.3, 0.4) is 0 Å². The average molecular weight is 204 g/mol. The highest BCUT2D eigenvalue weighted by molar-refractivity contribution is 5.40. The number of ether oxygens (including phenoxy) is 1. The molecule has 1 heteroatoms. The van der Waals surface area contributed by atoms with E-state index >= 15 is 0 Å². The van der Waals surface area contributed by atoms with Crippen molar-refractivity contribution < 1.29 is 4.74 Å². The molecule has 1 nitrogen and oxygen atoms in total. The third-order valence-electron chi connectivity index (χ3n) is 4.38. The van der Waals surface area contributed by atoms with Crippen molar-refractivity contribution in [1.29, 1.82) is 0 Å². The predicted molar refractivity (Wildman–Crippen MR) is 63.3 cm³/mol. The minimum Gasteiger partial charge on any atom is -0.487 e. The molecule has 1 atom stereocenters. The van der Waals surface area contributed by atoms with Gasteiger partial charge in [0.2, 0.25) is 0 Å². The number of benzene rings is 1. The van der Waals surface area contributed by atoms with E-state index in [-0.39, 0.29) is 11.0 Å². The van der Waals surface area contributed by atoms with Gasteiger partial charge in [0, 0.05) is 5.41 Å². The van der Waals surface area contributed by atoms with Crippen LogP contribution in [0, 0.1) is 5.41 Å². The summed E-state index contributed by atoms with van der Waals surface area (Å²) in [6, 6.07) is 8.38. The summed E-state index contributed by atoms with van der Waals surface area (Å²) in [6.45, 7) is 11.2. The molecule has 0 bridgehead atoms. The molecule has 82 valence electrons. The van der Waals surface area contributed by atoms with Crippen LogP contribution < -0.4 is 4.74 Å². The third-order valence-corrected chi connectivity index (χ3v) is 4.38. The van der Waals surface area contributed by atoms with E-state index in [2.05, 4.69) is 52.8 Å². The molecule has 0 unspecified atom stereocenters. The summed E-state index contributed by atoms with van der Waals surface area (Å²) in [4.78, 5) is 0. The van der Waals surface area contributed by atoms with Gasteiger partial charge in [0.1, 0.15) is 11.4 Å². The van der Waals surface area contributed by atoms with E-state index in [0.717, 1.165) is 5.75 Å². The molecule has 0 N–H and O–H groups in total. The average Bonchev–Trinajstić information content (AvgIpc) is 2.15. The summed E-state index contributed by atoms with van der Waals surface area (Å²) in [5.74, 6) is 1.58. The number of fused-ring (bicyclic) bond motifs is 1. The van der Waals surface area contributed by atoms with Gasteiger partial charge in [0.25, 0.3) is 0 Å². The molecule has 1 aliphatic rings. The van der Waals surface area contributed by atoms with Crippen molar-refractivity contribution in [1.82, 2.24) is 0 Å². The Morgan fingerprint density at radius 2 is 1.67 bits per heavy atom. The van der Waals surface area contributed by atoms with Gasteiger partial charge in [0.15, 0.2) is 0 Å². The summed E-state index contributed by atoms with van der Waals surface area (Å²) >= 11 is 0. The van der Waals surface area contributed by atoms with Crippen molar-refractivity contribution >= 4 is 0 Å². The first-order chi connectivity index (χ1) is 6.86. The molecule has 0 radical (unpaired) electrons. The fourth-order valence-corrected chi connectivity index (χ4v) is 2.25. The summed E-state index contributed by atoms with van der Waals surface area (Å²) in [5.41, 5.74) is 1.38. The lowest BCUT2D eigenvalue weighted by molar-refractivity contribution is -0.0431. The standard InChI is InChI=1S/C14H20O/c1-10-11-8-6-7-9-12(11)15-14(4,5)13(10,2)3/h6-10H,1-5H3/t10-/m0/s1. The van der Waals surface area contributed by atoms with E-state index in [1.807, 2.05) is 6.07 Å². The Morgan fingerprint density at radius 3 is 2.33 bits per heavy atom. The zero-order valence-electron chi connectivity index (χ0n) is 10.3.